The van der Waals surface area contributed by atoms with Crippen LogP contribution in [0.15, 0.2) is 4.52 Å². The Bertz CT molecular complexity index is 332. The van der Waals surface area contributed by atoms with Crippen molar-refractivity contribution < 1.29 is 19.2 Å². The molecule has 0 aliphatic heterocycles. The van der Waals surface area contributed by atoms with E-state index in [4.69, 9.17) is 5.11 Å². The Labute approximate surface area is 72.7 Å². The first kappa shape index (κ1) is 9.17. The van der Waals surface area contributed by atoms with Crippen LogP contribution in [0, 0.1) is 6.92 Å². The third kappa shape index (κ3) is 2.55. The number of carboxylic acids is 1. The molecule has 0 aliphatic rings. The Balaban J connectivity index is 2.44. The average molecular weight is 185 g/mol. The Morgan fingerprint density at radius 1 is 1.62 bits per heavy atom. The Hall–Kier alpha value is -1.92. The van der Waals surface area contributed by atoms with Gasteiger partial charge in [-0.15, -0.1) is 0 Å². The molecular formula is C6H7N3O4. The predicted molar refractivity (Wildman–Crippen MR) is 38.5 cm³/mol. The fraction of sp³-hybridized carbons (Fsp3) is 0.333. The van der Waals surface area contributed by atoms with Gasteiger partial charge in [0.15, 0.2) is 5.82 Å². The lowest BCUT2D eigenvalue weighted by molar-refractivity contribution is -0.150. The number of rotatable bonds is 2. The quantitative estimate of drug-likeness (QED) is 0.577. The fourth-order valence-corrected chi connectivity index (χ4v) is 0.643. The minimum absolute atomic E-state index is 0.0774. The summed E-state index contributed by atoms with van der Waals surface area (Å²) in [4.78, 5) is 24.3. The molecule has 0 fully saturated rings. The first-order valence-electron chi connectivity index (χ1n) is 3.40. The normalized spacial score (nSPS) is 9.62. The number of nitrogens with one attached hydrogen (secondary N) is 1. The molecule has 0 aliphatic carbocycles. The van der Waals surface area contributed by atoms with Gasteiger partial charge in [-0.2, -0.15) is 4.98 Å². The molecule has 0 bridgehead atoms. The van der Waals surface area contributed by atoms with Crippen LogP contribution >= 0.6 is 0 Å². The molecule has 1 aromatic rings. The van der Waals surface area contributed by atoms with Crippen molar-refractivity contribution in [3.8, 4) is 0 Å². The second-order valence-electron chi connectivity index (χ2n) is 2.22. The maximum absolute atomic E-state index is 10.5. The van der Waals surface area contributed by atoms with Gasteiger partial charge in [-0.1, -0.05) is 5.16 Å². The third-order valence-electron chi connectivity index (χ3n) is 1.16. The topological polar surface area (TPSA) is 105 Å². The molecule has 2 N–H and O–H groups in total. The molecule has 1 rings (SSSR count). The maximum atomic E-state index is 10.5. The minimum atomic E-state index is -1.55. The van der Waals surface area contributed by atoms with Gasteiger partial charge in [-0.05, 0) is 6.92 Å². The van der Waals surface area contributed by atoms with E-state index in [9.17, 15) is 9.59 Å². The summed E-state index contributed by atoms with van der Waals surface area (Å²) in [6.07, 6.45) is 0. The first-order chi connectivity index (χ1) is 6.09. The molecule has 1 heterocycles. The molecule has 0 unspecified atom stereocenters. The standard InChI is InChI=1S/C6H7N3O4/c1-3-8-4(13-9-3)2-7-5(10)6(11)12/h2H2,1H3,(H,7,10)(H,11,12). The van der Waals surface area contributed by atoms with E-state index < -0.39 is 11.9 Å². The number of amides is 1. The van der Waals surface area contributed by atoms with Crippen molar-refractivity contribution in [3.63, 3.8) is 0 Å². The lowest BCUT2D eigenvalue weighted by Crippen LogP contribution is -2.30. The number of hydrogen-bond donors (Lipinski definition) is 2. The molecule has 13 heavy (non-hydrogen) atoms. The number of aryl methyl sites for hydroxylation is 1. The Morgan fingerprint density at radius 2 is 2.31 bits per heavy atom. The van der Waals surface area contributed by atoms with E-state index in [2.05, 4.69) is 20.0 Å². The van der Waals surface area contributed by atoms with Crippen molar-refractivity contribution in [2.75, 3.05) is 0 Å². The summed E-state index contributed by atoms with van der Waals surface area (Å²) in [6, 6.07) is 0. The third-order valence-corrected chi connectivity index (χ3v) is 1.16. The predicted octanol–water partition coefficient (Wildman–Crippen LogP) is -0.921. The number of aromatic nitrogens is 2. The van der Waals surface area contributed by atoms with Gasteiger partial charge in [0.2, 0.25) is 5.89 Å². The van der Waals surface area contributed by atoms with E-state index in [1.54, 1.807) is 6.92 Å². The second-order valence-corrected chi connectivity index (χ2v) is 2.22. The summed E-state index contributed by atoms with van der Waals surface area (Å²) < 4.78 is 4.63. The van der Waals surface area contributed by atoms with Crippen molar-refractivity contribution in [2.45, 2.75) is 13.5 Å². The smallest absolute Gasteiger partial charge is 0.394 e. The van der Waals surface area contributed by atoms with Crippen molar-refractivity contribution in [1.29, 1.82) is 0 Å². The van der Waals surface area contributed by atoms with E-state index in [1.807, 2.05) is 0 Å². The van der Waals surface area contributed by atoms with Crippen LogP contribution < -0.4 is 5.32 Å². The van der Waals surface area contributed by atoms with Crippen LogP contribution in [0.1, 0.15) is 11.7 Å². The van der Waals surface area contributed by atoms with Crippen LogP contribution in [0.5, 0.6) is 0 Å². The van der Waals surface area contributed by atoms with Crippen LogP contribution in [0.3, 0.4) is 0 Å². The average Bonchev–Trinajstić information content (AvgIpc) is 2.47. The van der Waals surface area contributed by atoms with E-state index >= 15 is 0 Å². The van der Waals surface area contributed by atoms with Crippen molar-refractivity contribution >= 4 is 11.9 Å². The number of carbonyl (C=O) groups is 2. The summed E-state index contributed by atoms with van der Waals surface area (Å²) in [5.74, 6) is -2.04. The maximum Gasteiger partial charge on any atom is 0.394 e. The van der Waals surface area contributed by atoms with Gasteiger partial charge < -0.3 is 14.9 Å². The van der Waals surface area contributed by atoms with Gasteiger partial charge in [0.25, 0.3) is 0 Å². The van der Waals surface area contributed by atoms with Crippen LogP contribution in [-0.2, 0) is 16.1 Å². The fourth-order valence-electron chi connectivity index (χ4n) is 0.643. The second kappa shape index (κ2) is 3.65. The molecule has 0 saturated carbocycles. The first-order valence-corrected chi connectivity index (χ1v) is 3.40. The summed E-state index contributed by atoms with van der Waals surface area (Å²) in [6.45, 7) is 1.54. The van der Waals surface area contributed by atoms with Gasteiger partial charge in [0.05, 0.1) is 6.54 Å². The highest BCUT2D eigenvalue weighted by molar-refractivity contribution is 6.31. The van der Waals surface area contributed by atoms with Crippen LogP contribution in [0.4, 0.5) is 0 Å². The summed E-state index contributed by atoms with van der Waals surface area (Å²) >= 11 is 0. The van der Waals surface area contributed by atoms with Crippen LogP contribution in [0.2, 0.25) is 0 Å². The zero-order valence-corrected chi connectivity index (χ0v) is 6.77. The van der Waals surface area contributed by atoms with Crippen molar-refractivity contribution in [1.82, 2.24) is 15.5 Å². The largest absolute Gasteiger partial charge is 0.474 e. The van der Waals surface area contributed by atoms with Crippen LogP contribution in [-0.4, -0.2) is 27.1 Å². The molecular weight excluding hydrogens is 178 g/mol. The van der Waals surface area contributed by atoms with Gasteiger partial charge in [0.1, 0.15) is 0 Å². The number of hydrogen-bond acceptors (Lipinski definition) is 5. The number of carbonyl (C=O) groups excluding carboxylic acids is 1. The Morgan fingerprint density at radius 3 is 2.77 bits per heavy atom. The summed E-state index contributed by atoms with van der Waals surface area (Å²) in [5, 5.41) is 13.7. The summed E-state index contributed by atoms with van der Waals surface area (Å²) in [5.41, 5.74) is 0. The van der Waals surface area contributed by atoms with Gasteiger partial charge >= 0.3 is 11.9 Å². The highest BCUT2D eigenvalue weighted by Gasteiger charge is 2.11. The zero-order valence-electron chi connectivity index (χ0n) is 6.77. The van der Waals surface area contributed by atoms with E-state index in [0.29, 0.717) is 5.82 Å². The van der Waals surface area contributed by atoms with Crippen molar-refractivity contribution in [3.05, 3.63) is 11.7 Å². The molecule has 0 atom stereocenters. The van der Waals surface area contributed by atoms with E-state index in [0.717, 1.165) is 0 Å². The highest BCUT2D eigenvalue weighted by Crippen LogP contribution is 1.93. The Kier molecular flexibility index (Phi) is 2.58. The minimum Gasteiger partial charge on any atom is -0.474 e. The van der Waals surface area contributed by atoms with Gasteiger partial charge in [-0.3, -0.25) is 4.79 Å². The van der Waals surface area contributed by atoms with Gasteiger partial charge in [-0.25, -0.2) is 4.79 Å². The highest BCUT2D eigenvalue weighted by atomic mass is 16.5. The zero-order chi connectivity index (χ0) is 9.84. The molecule has 7 nitrogen and oxygen atoms in total. The lowest BCUT2D eigenvalue weighted by Gasteiger charge is -1.94. The number of nitrogens with zero attached hydrogens (tertiary/aromatic N) is 2. The molecule has 1 aromatic heterocycles. The SMILES string of the molecule is Cc1noc(CNC(=O)C(=O)O)n1. The van der Waals surface area contributed by atoms with Crippen LogP contribution in [0.25, 0.3) is 0 Å². The van der Waals surface area contributed by atoms with E-state index in [-0.39, 0.29) is 12.4 Å². The van der Waals surface area contributed by atoms with E-state index in [1.165, 1.54) is 0 Å². The molecule has 7 heteroatoms. The van der Waals surface area contributed by atoms with Gasteiger partial charge in [0, 0.05) is 0 Å². The molecule has 0 aromatic carbocycles. The molecule has 1 amide bonds. The van der Waals surface area contributed by atoms with Crippen molar-refractivity contribution in [2.24, 2.45) is 0 Å². The molecule has 70 valence electrons. The monoisotopic (exact) mass is 185 g/mol. The molecule has 0 radical (unpaired) electrons. The summed E-state index contributed by atoms with van der Waals surface area (Å²) in [7, 11) is 0. The molecule has 0 spiro atoms. The number of aliphatic carboxylic acids is 1. The molecule has 0 saturated heterocycles. The lowest BCUT2D eigenvalue weighted by atomic mass is 10.5. The number of carboxylic acid groups (broad SMARTS) is 1.